The van der Waals surface area contributed by atoms with Crippen LogP contribution in [0.15, 0.2) is 48.5 Å². The van der Waals surface area contributed by atoms with E-state index in [9.17, 15) is 19.5 Å². The van der Waals surface area contributed by atoms with Gasteiger partial charge in [0.05, 0.1) is 0 Å². The maximum atomic E-state index is 12.8. The SMILES string of the molecule is Cc1cccc(C[C@@H](OC(=O)N2CCC(N3CCc4ccccc4NC3=O)CC2)C(=O)O)c1. The Balaban J connectivity index is 1.32. The van der Waals surface area contributed by atoms with Crippen molar-refractivity contribution < 1.29 is 24.2 Å². The number of hydrogen-bond donors (Lipinski definition) is 2. The van der Waals surface area contributed by atoms with Crippen LogP contribution in [-0.4, -0.2) is 64.8 Å². The van der Waals surface area contributed by atoms with E-state index in [1.54, 1.807) is 0 Å². The van der Waals surface area contributed by atoms with E-state index in [1.807, 2.05) is 60.4 Å². The van der Waals surface area contributed by atoms with Crippen molar-refractivity contribution in [1.82, 2.24) is 9.80 Å². The molecule has 33 heavy (non-hydrogen) atoms. The number of ether oxygens (including phenoxy) is 1. The lowest BCUT2D eigenvalue weighted by Crippen LogP contribution is -2.50. The van der Waals surface area contributed by atoms with Gasteiger partial charge < -0.3 is 25.0 Å². The summed E-state index contributed by atoms with van der Waals surface area (Å²) in [6, 6.07) is 15.2. The first kappa shape index (κ1) is 22.6. The summed E-state index contributed by atoms with van der Waals surface area (Å²) in [6.45, 7) is 3.38. The van der Waals surface area contributed by atoms with Gasteiger partial charge >= 0.3 is 18.1 Å². The minimum absolute atomic E-state index is 0.0194. The van der Waals surface area contributed by atoms with Gasteiger partial charge in [-0.15, -0.1) is 0 Å². The summed E-state index contributed by atoms with van der Waals surface area (Å²) in [5.74, 6) is -1.17. The Morgan fingerprint density at radius 2 is 1.88 bits per heavy atom. The van der Waals surface area contributed by atoms with Crippen molar-refractivity contribution in [2.24, 2.45) is 0 Å². The molecule has 4 rings (SSSR count). The van der Waals surface area contributed by atoms with Crippen molar-refractivity contribution in [3.8, 4) is 0 Å². The van der Waals surface area contributed by atoms with Crippen LogP contribution in [0.4, 0.5) is 15.3 Å². The summed E-state index contributed by atoms with van der Waals surface area (Å²) in [7, 11) is 0. The number of carboxylic acid groups (broad SMARTS) is 1. The lowest BCUT2D eigenvalue weighted by molar-refractivity contribution is -0.147. The molecule has 0 radical (unpaired) electrons. The Bertz CT molecular complexity index is 1030. The zero-order chi connectivity index (χ0) is 23.4. The molecule has 0 aromatic heterocycles. The van der Waals surface area contributed by atoms with Crippen LogP contribution in [0.3, 0.4) is 0 Å². The number of amides is 3. The molecule has 1 fully saturated rings. The molecule has 2 N–H and O–H groups in total. The first-order valence-electron chi connectivity index (χ1n) is 11.3. The van der Waals surface area contributed by atoms with Crippen molar-refractivity contribution in [3.05, 3.63) is 65.2 Å². The second-order valence-electron chi connectivity index (χ2n) is 8.65. The lowest BCUT2D eigenvalue weighted by Gasteiger charge is -2.37. The third-order valence-corrected chi connectivity index (χ3v) is 6.33. The first-order chi connectivity index (χ1) is 15.9. The number of hydrogen-bond acceptors (Lipinski definition) is 4. The number of aryl methyl sites for hydroxylation is 1. The van der Waals surface area contributed by atoms with E-state index in [4.69, 9.17) is 4.74 Å². The zero-order valence-electron chi connectivity index (χ0n) is 18.7. The van der Waals surface area contributed by atoms with Crippen molar-refractivity contribution in [2.75, 3.05) is 25.0 Å². The van der Waals surface area contributed by atoms with E-state index in [0.29, 0.717) is 32.5 Å². The van der Waals surface area contributed by atoms with Crippen LogP contribution in [0.2, 0.25) is 0 Å². The number of carboxylic acids is 1. The molecule has 8 heteroatoms. The quantitative estimate of drug-likeness (QED) is 0.723. The van der Waals surface area contributed by atoms with Gasteiger partial charge in [-0.1, -0.05) is 48.0 Å². The number of fused-ring (bicyclic) bond motifs is 1. The van der Waals surface area contributed by atoms with Gasteiger partial charge in [0.1, 0.15) is 0 Å². The van der Waals surface area contributed by atoms with Gasteiger partial charge in [0.25, 0.3) is 0 Å². The number of para-hydroxylation sites is 1. The number of anilines is 1. The number of nitrogens with zero attached hydrogens (tertiary/aromatic N) is 2. The molecule has 2 aliphatic rings. The number of carbonyl (C=O) groups is 3. The molecular weight excluding hydrogens is 422 g/mol. The highest BCUT2D eigenvalue weighted by Crippen LogP contribution is 2.25. The van der Waals surface area contributed by atoms with Crippen LogP contribution in [0.5, 0.6) is 0 Å². The molecule has 0 unspecified atom stereocenters. The third kappa shape index (κ3) is 5.45. The summed E-state index contributed by atoms with van der Waals surface area (Å²) in [5.41, 5.74) is 3.79. The van der Waals surface area contributed by atoms with Crippen molar-refractivity contribution in [2.45, 2.75) is 44.8 Å². The molecule has 2 aromatic carbocycles. The van der Waals surface area contributed by atoms with E-state index in [-0.39, 0.29) is 18.5 Å². The normalized spacial score (nSPS) is 17.5. The molecule has 0 spiro atoms. The number of rotatable bonds is 5. The predicted molar refractivity (Wildman–Crippen MR) is 123 cm³/mol. The fourth-order valence-corrected chi connectivity index (χ4v) is 4.53. The smallest absolute Gasteiger partial charge is 0.410 e. The highest BCUT2D eigenvalue weighted by atomic mass is 16.6. The van der Waals surface area contributed by atoms with Crippen molar-refractivity contribution >= 4 is 23.8 Å². The standard InChI is InChI=1S/C25H29N3O5/c1-17-5-4-6-18(15-17)16-22(23(29)30)33-25(32)27-12-10-20(11-13-27)28-14-9-19-7-2-3-8-21(19)26-24(28)31/h2-8,15,20,22H,9-14,16H2,1H3,(H,26,31)(H,29,30)/t22-/m1/s1. The predicted octanol–water partition coefficient (Wildman–Crippen LogP) is 3.68. The van der Waals surface area contributed by atoms with E-state index < -0.39 is 18.2 Å². The second-order valence-corrected chi connectivity index (χ2v) is 8.65. The molecule has 174 valence electrons. The Hall–Kier alpha value is -3.55. The third-order valence-electron chi connectivity index (χ3n) is 6.33. The molecule has 1 atom stereocenters. The zero-order valence-corrected chi connectivity index (χ0v) is 18.7. The minimum Gasteiger partial charge on any atom is -0.478 e. The van der Waals surface area contributed by atoms with E-state index in [0.717, 1.165) is 28.8 Å². The van der Waals surface area contributed by atoms with Gasteiger partial charge in [0.15, 0.2) is 0 Å². The van der Waals surface area contributed by atoms with Crippen LogP contribution in [0, 0.1) is 6.92 Å². The largest absolute Gasteiger partial charge is 0.478 e. The van der Waals surface area contributed by atoms with E-state index in [1.165, 1.54) is 4.90 Å². The summed E-state index contributed by atoms with van der Waals surface area (Å²) >= 11 is 0. The summed E-state index contributed by atoms with van der Waals surface area (Å²) in [5, 5.41) is 12.5. The fraction of sp³-hybridized carbons (Fsp3) is 0.400. The van der Waals surface area contributed by atoms with Gasteiger partial charge in [0.2, 0.25) is 6.10 Å². The number of carbonyl (C=O) groups excluding carboxylic acids is 2. The Morgan fingerprint density at radius 1 is 1.12 bits per heavy atom. The molecule has 0 saturated carbocycles. The molecule has 2 aliphatic heterocycles. The maximum absolute atomic E-state index is 12.8. The monoisotopic (exact) mass is 451 g/mol. The number of piperidine rings is 1. The van der Waals surface area contributed by atoms with E-state index >= 15 is 0 Å². The van der Waals surface area contributed by atoms with Crippen molar-refractivity contribution in [3.63, 3.8) is 0 Å². The molecule has 0 bridgehead atoms. The van der Waals surface area contributed by atoms with Crippen LogP contribution in [0.1, 0.15) is 29.5 Å². The van der Waals surface area contributed by atoms with Crippen LogP contribution in [-0.2, 0) is 22.4 Å². The summed E-state index contributed by atoms with van der Waals surface area (Å²) in [6.07, 6.45) is 0.265. The first-order valence-corrected chi connectivity index (χ1v) is 11.3. The molecule has 2 heterocycles. The average Bonchev–Trinajstić information content (AvgIpc) is 2.97. The second kappa shape index (κ2) is 9.94. The maximum Gasteiger partial charge on any atom is 0.410 e. The number of benzene rings is 2. The summed E-state index contributed by atoms with van der Waals surface area (Å²) < 4.78 is 5.35. The van der Waals surface area contributed by atoms with Gasteiger partial charge in [-0.05, 0) is 43.4 Å². The molecular formula is C25H29N3O5. The van der Waals surface area contributed by atoms with Gasteiger partial charge in [-0.3, -0.25) is 0 Å². The van der Waals surface area contributed by atoms with Crippen LogP contribution >= 0.6 is 0 Å². The highest BCUT2D eigenvalue weighted by Gasteiger charge is 2.33. The molecule has 0 aliphatic carbocycles. The molecule has 2 aromatic rings. The van der Waals surface area contributed by atoms with Crippen LogP contribution < -0.4 is 5.32 Å². The van der Waals surface area contributed by atoms with E-state index in [2.05, 4.69) is 5.32 Å². The molecule has 3 amide bonds. The Labute approximate surface area is 193 Å². The lowest BCUT2D eigenvalue weighted by atomic mass is 10.0. The molecule has 8 nitrogen and oxygen atoms in total. The van der Waals surface area contributed by atoms with Crippen molar-refractivity contribution in [1.29, 1.82) is 0 Å². The highest BCUT2D eigenvalue weighted by molar-refractivity contribution is 5.91. The summed E-state index contributed by atoms with van der Waals surface area (Å²) in [4.78, 5) is 40.5. The molecule has 1 saturated heterocycles. The topological polar surface area (TPSA) is 99.2 Å². The fourth-order valence-electron chi connectivity index (χ4n) is 4.53. The number of aliphatic carboxylic acids is 1. The number of urea groups is 1. The number of nitrogens with one attached hydrogen (secondary N) is 1. The van der Waals surface area contributed by atoms with Gasteiger partial charge in [-0.2, -0.15) is 0 Å². The Kier molecular flexibility index (Phi) is 6.82. The van der Waals surface area contributed by atoms with Gasteiger partial charge in [0, 0.05) is 37.8 Å². The van der Waals surface area contributed by atoms with Crippen LogP contribution in [0.25, 0.3) is 0 Å². The Morgan fingerprint density at radius 3 is 2.61 bits per heavy atom. The van der Waals surface area contributed by atoms with Gasteiger partial charge in [-0.25, -0.2) is 14.4 Å². The minimum atomic E-state index is -1.24. The number of likely N-dealkylation sites (tertiary alicyclic amines) is 1. The average molecular weight is 452 g/mol.